The molecule has 0 saturated heterocycles. The molecule has 3 rings (SSSR count). The first kappa shape index (κ1) is 11.5. The highest BCUT2D eigenvalue weighted by Crippen LogP contribution is 2.28. The third kappa shape index (κ3) is 1.62. The maximum atomic E-state index is 13.6. The van der Waals surface area contributed by atoms with Crippen LogP contribution in [0.1, 0.15) is 26.3 Å². The first-order valence-corrected chi connectivity index (χ1v) is 5.68. The summed E-state index contributed by atoms with van der Waals surface area (Å²) in [5, 5.41) is 0. The van der Waals surface area contributed by atoms with E-state index in [1.54, 1.807) is 13.0 Å². The number of hydrogen-bond donors (Lipinski definition) is 0. The highest BCUT2D eigenvalue weighted by atomic mass is 19.1. The van der Waals surface area contributed by atoms with Crippen molar-refractivity contribution in [3.8, 4) is 0 Å². The number of nitrogens with zero attached hydrogens (tertiary/aromatic N) is 2. The molecule has 0 fully saturated rings. The number of aromatic nitrogens is 1. The lowest BCUT2D eigenvalue weighted by atomic mass is 10.2. The SMILES string of the molecule is Cc1ccc(N2C(=O)c3ccncc3C2=O)cc1F. The number of anilines is 1. The molecule has 4 nitrogen and oxygen atoms in total. The molecule has 1 aliphatic heterocycles. The largest absolute Gasteiger partial charge is 0.268 e. The molecule has 94 valence electrons. The fourth-order valence-electron chi connectivity index (χ4n) is 2.04. The van der Waals surface area contributed by atoms with E-state index >= 15 is 0 Å². The molecule has 2 aromatic rings. The molecule has 0 radical (unpaired) electrons. The summed E-state index contributed by atoms with van der Waals surface area (Å²) in [5.74, 6) is -1.38. The van der Waals surface area contributed by atoms with E-state index < -0.39 is 17.6 Å². The topological polar surface area (TPSA) is 50.3 Å². The zero-order valence-electron chi connectivity index (χ0n) is 10.1. The van der Waals surface area contributed by atoms with Gasteiger partial charge in [0.05, 0.1) is 16.8 Å². The number of fused-ring (bicyclic) bond motifs is 1. The van der Waals surface area contributed by atoms with Crippen molar-refractivity contribution >= 4 is 17.5 Å². The number of halogens is 1. The maximum Gasteiger partial charge on any atom is 0.267 e. The lowest BCUT2D eigenvalue weighted by Gasteiger charge is -2.14. The second-order valence-electron chi connectivity index (χ2n) is 4.30. The van der Waals surface area contributed by atoms with E-state index in [0.717, 1.165) is 4.90 Å². The van der Waals surface area contributed by atoms with Crippen molar-refractivity contribution in [2.24, 2.45) is 0 Å². The zero-order valence-corrected chi connectivity index (χ0v) is 10.1. The van der Waals surface area contributed by atoms with Crippen LogP contribution in [0.3, 0.4) is 0 Å². The van der Waals surface area contributed by atoms with Crippen molar-refractivity contribution in [1.82, 2.24) is 4.98 Å². The van der Waals surface area contributed by atoms with Gasteiger partial charge in [0.15, 0.2) is 0 Å². The van der Waals surface area contributed by atoms with Crippen LogP contribution < -0.4 is 4.90 Å². The molecule has 0 saturated carbocycles. The normalized spacial score (nSPS) is 13.9. The Balaban J connectivity index is 2.11. The smallest absolute Gasteiger partial charge is 0.267 e. The average molecular weight is 256 g/mol. The number of rotatable bonds is 1. The molecule has 5 heteroatoms. The number of aryl methyl sites for hydroxylation is 1. The Morgan fingerprint density at radius 1 is 1.11 bits per heavy atom. The van der Waals surface area contributed by atoms with Gasteiger partial charge in [-0.3, -0.25) is 14.6 Å². The molecule has 0 bridgehead atoms. The number of carbonyl (C=O) groups excluding carboxylic acids is 2. The van der Waals surface area contributed by atoms with E-state index in [2.05, 4.69) is 4.98 Å². The number of benzene rings is 1. The summed E-state index contributed by atoms with van der Waals surface area (Å²) in [7, 11) is 0. The number of hydrogen-bond acceptors (Lipinski definition) is 3. The van der Waals surface area contributed by atoms with Gasteiger partial charge in [0.25, 0.3) is 11.8 Å². The molecule has 1 aromatic heterocycles. The third-order valence-electron chi connectivity index (χ3n) is 3.10. The van der Waals surface area contributed by atoms with Gasteiger partial charge in [-0.15, -0.1) is 0 Å². The number of imide groups is 1. The summed E-state index contributed by atoms with van der Waals surface area (Å²) < 4.78 is 13.6. The van der Waals surface area contributed by atoms with E-state index in [-0.39, 0.29) is 11.3 Å². The predicted octanol–water partition coefficient (Wildman–Crippen LogP) is 2.33. The van der Waals surface area contributed by atoms with E-state index in [1.165, 1.54) is 30.6 Å². The summed E-state index contributed by atoms with van der Waals surface area (Å²) in [6.07, 6.45) is 2.79. The minimum absolute atomic E-state index is 0.231. The second-order valence-corrected chi connectivity index (χ2v) is 4.30. The van der Waals surface area contributed by atoms with Gasteiger partial charge in [0.2, 0.25) is 0 Å². The minimum Gasteiger partial charge on any atom is -0.268 e. The van der Waals surface area contributed by atoms with Crippen molar-refractivity contribution in [1.29, 1.82) is 0 Å². The van der Waals surface area contributed by atoms with E-state index in [0.29, 0.717) is 11.1 Å². The minimum atomic E-state index is -0.476. The highest BCUT2D eigenvalue weighted by Gasteiger charge is 2.36. The fourth-order valence-corrected chi connectivity index (χ4v) is 2.04. The standard InChI is InChI=1S/C14H9FN2O2/c1-8-2-3-9(6-12(8)15)17-13(18)10-4-5-16-7-11(10)14(17)19/h2-7H,1H3. The predicted molar refractivity (Wildman–Crippen MR) is 66.5 cm³/mol. The summed E-state index contributed by atoms with van der Waals surface area (Å²) in [6.45, 7) is 1.62. The molecular weight excluding hydrogens is 247 g/mol. The van der Waals surface area contributed by atoms with Crippen molar-refractivity contribution < 1.29 is 14.0 Å². The van der Waals surface area contributed by atoms with Crippen molar-refractivity contribution in [2.45, 2.75) is 6.92 Å². The van der Waals surface area contributed by atoms with Crippen molar-refractivity contribution in [3.63, 3.8) is 0 Å². The summed E-state index contributed by atoms with van der Waals surface area (Å²) in [6, 6.07) is 5.75. The molecule has 2 heterocycles. The Labute approximate surface area is 108 Å². The highest BCUT2D eigenvalue weighted by molar-refractivity contribution is 6.34. The fraction of sp³-hybridized carbons (Fsp3) is 0.0714. The Kier molecular flexibility index (Phi) is 2.41. The van der Waals surface area contributed by atoms with Gasteiger partial charge in [-0.2, -0.15) is 0 Å². The molecule has 0 unspecified atom stereocenters. The van der Waals surface area contributed by atoms with Gasteiger partial charge in [0.1, 0.15) is 5.82 Å². The van der Waals surface area contributed by atoms with Crippen LogP contribution in [-0.2, 0) is 0 Å². The van der Waals surface area contributed by atoms with Crippen LogP contribution in [0.5, 0.6) is 0 Å². The molecule has 1 aliphatic rings. The molecule has 19 heavy (non-hydrogen) atoms. The van der Waals surface area contributed by atoms with Crippen LogP contribution in [0.25, 0.3) is 0 Å². The van der Waals surface area contributed by atoms with Crippen LogP contribution >= 0.6 is 0 Å². The monoisotopic (exact) mass is 256 g/mol. The quantitative estimate of drug-likeness (QED) is 0.736. The first-order valence-electron chi connectivity index (χ1n) is 5.68. The lowest BCUT2D eigenvalue weighted by molar-refractivity contribution is 0.0926. The van der Waals surface area contributed by atoms with Gasteiger partial charge in [-0.1, -0.05) is 6.07 Å². The van der Waals surface area contributed by atoms with Crippen molar-refractivity contribution in [2.75, 3.05) is 4.90 Å². The Bertz CT molecular complexity index is 677. The molecule has 0 atom stereocenters. The molecule has 0 aliphatic carbocycles. The van der Waals surface area contributed by atoms with Crippen LogP contribution in [0.15, 0.2) is 36.7 Å². The summed E-state index contributed by atoms with van der Waals surface area (Å²) in [5.41, 5.74) is 1.23. The Morgan fingerprint density at radius 2 is 1.84 bits per heavy atom. The van der Waals surface area contributed by atoms with E-state index in [9.17, 15) is 14.0 Å². The number of carbonyl (C=O) groups is 2. The van der Waals surface area contributed by atoms with E-state index in [4.69, 9.17) is 0 Å². The lowest BCUT2D eigenvalue weighted by Crippen LogP contribution is -2.29. The molecule has 1 aromatic carbocycles. The van der Waals surface area contributed by atoms with Crippen LogP contribution in [0.4, 0.5) is 10.1 Å². The Morgan fingerprint density at radius 3 is 2.53 bits per heavy atom. The number of amides is 2. The number of pyridine rings is 1. The molecule has 0 N–H and O–H groups in total. The van der Waals surface area contributed by atoms with Gasteiger partial charge in [0, 0.05) is 12.4 Å². The Hall–Kier alpha value is -2.56. The summed E-state index contributed by atoms with van der Waals surface area (Å²) in [4.78, 5) is 29.1. The summed E-state index contributed by atoms with van der Waals surface area (Å²) >= 11 is 0. The van der Waals surface area contributed by atoms with Crippen molar-refractivity contribution in [3.05, 3.63) is 59.2 Å². The average Bonchev–Trinajstić information content (AvgIpc) is 2.66. The van der Waals surface area contributed by atoms with Crippen LogP contribution in [-0.4, -0.2) is 16.8 Å². The third-order valence-corrected chi connectivity index (χ3v) is 3.10. The van der Waals surface area contributed by atoms with E-state index in [1.807, 2.05) is 0 Å². The van der Waals surface area contributed by atoms with Crippen LogP contribution in [0, 0.1) is 12.7 Å². The first-order chi connectivity index (χ1) is 9.09. The molecule has 2 amide bonds. The van der Waals surface area contributed by atoms with Crippen LogP contribution in [0.2, 0.25) is 0 Å². The zero-order chi connectivity index (χ0) is 13.6. The second kappa shape index (κ2) is 3.98. The van der Waals surface area contributed by atoms with Gasteiger partial charge in [-0.25, -0.2) is 9.29 Å². The maximum absolute atomic E-state index is 13.6. The molecule has 0 spiro atoms. The van der Waals surface area contributed by atoms with Gasteiger partial charge in [-0.05, 0) is 30.7 Å². The molecular formula is C14H9FN2O2. The van der Waals surface area contributed by atoms with Gasteiger partial charge >= 0.3 is 0 Å². The van der Waals surface area contributed by atoms with Gasteiger partial charge < -0.3 is 0 Å².